The molecule has 0 aromatic heterocycles. The molecule has 36 heavy (non-hydrogen) atoms. The third-order valence-corrected chi connectivity index (χ3v) is 4.80. The molecule has 0 unspecified atom stereocenters. The number of methoxy groups -OCH3 is 2. The molecular formula is C26H24N2O8. The van der Waals surface area contributed by atoms with Crippen molar-refractivity contribution in [2.24, 2.45) is 0 Å². The molecule has 3 aromatic carbocycles. The Morgan fingerprint density at radius 1 is 0.611 bits per heavy atom. The van der Waals surface area contributed by atoms with Crippen LogP contribution in [0.15, 0.2) is 72.8 Å². The van der Waals surface area contributed by atoms with Gasteiger partial charge in [0.25, 0.3) is 11.8 Å². The summed E-state index contributed by atoms with van der Waals surface area (Å²) in [5.41, 5.74) is 1.14. The zero-order valence-corrected chi connectivity index (χ0v) is 19.6. The lowest BCUT2D eigenvalue weighted by Crippen LogP contribution is -2.18. The van der Waals surface area contributed by atoms with Crippen LogP contribution in [0.3, 0.4) is 0 Å². The van der Waals surface area contributed by atoms with Crippen LogP contribution in [-0.4, -0.2) is 51.2 Å². The van der Waals surface area contributed by atoms with Crippen molar-refractivity contribution >= 4 is 35.1 Å². The van der Waals surface area contributed by atoms with E-state index in [1.165, 1.54) is 20.3 Å². The Morgan fingerprint density at radius 3 is 1.44 bits per heavy atom. The Balaban J connectivity index is 1.71. The Morgan fingerprint density at radius 2 is 1.03 bits per heavy atom. The molecule has 0 radical (unpaired) electrons. The summed E-state index contributed by atoms with van der Waals surface area (Å²) in [6.07, 6.45) is 0. The van der Waals surface area contributed by atoms with Crippen molar-refractivity contribution in [3.63, 3.8) is 0 Å². The van der Waals surface area contributed by atoms with Gasteiger partial charge in [0.15, 0.2) is 13.2 Å². The molecule has 2 amide bonds. The number of hydrogen-bond donors (Lipinski definition) is 2. The summed E-state index contributed by atoms with van der Waals surface area (Å²) >= 11 is 0. The van der Waals surface area contributed by atoms with Crippen molar-refractivity contribution in [3.05, 3.63) is 83.9 Å². The monoisotopic (exact) mass is 492 g/mol. The van der Waals surface area contributed by atoms with Gasteiger partial charge in [0.2, 0.25) is 0 Å². The highest BCUT2D eigenvalue weighted by atomic mass is 16.6. The summed E-state index contributed by atoms with van der Waals surface area (Å²) in [6, 6.07) is 19.3. The fourth-order valence-electron chi connectivity index (χ4n) is 2.97. The molecule has 10 heteroatoms. The van der Waals surface area contributed by atoms with Gasteiger partial charge in [-0.25, -0.2) is 9.59 Å². The third-order valence-electron chi connectivity index (χ3n) is 4.80. The highest BCUT2D eigenvalue weighted by molar-refractivity contribution is 6.09. The van der Waals surface area contributed by atoms with Crippen molar-refractivity contribution in [3.8, 4) is 11.5 Å². The van der Waals surface area contributed by atoms with Crippen molar-refractivity contribution in [1.29, 1.82) is 0 Å². The number of nitrogens with one attached hydrogen (secondary N) is 2. The van der Waals surface area contributed by atoms with E-state index < -0.39 is 23.8 Å². The molecule has 0 saturated carbocycles. The van der Waals surface area contributed by atoms with Crippen molar-refractivity contribution in [2.45, 2.75) is 0 Å². The van der Waals surface area contributed by atoms with E-state index in [1.807, 2.05) is 0 Å². The summed E-state index contributed by atoms with van der Waals surface area (Å²) in [5.74, 6) is -1.53. The number of amides is 2. The van der Waals surface area contributed by atoms with Crippen LogP contribution >= 0.6 is 0 Å². The summed E-state index contributed by atoms with van der Waals surface area (Å²) in [5, 5.41) is 5.43. The maximum absolute atomic E-state index is 12.9. The number of benzene rings is 3. The van der Waals surface area contributed by atoms with E-state index in [9.17, 15) is 19.2 Å². The number of esters is 2. The fourth-order valence-corrected chi connectivity index (χ4v) is 2.97. The van der Waals surface area contributed by atoms with Crippen molar-refractivity contribution < 1.29 is 38.1 Å². The maximum Gasteiger partial charge on any atom is 0.343 e. The number of para-hydroxylation sites is 4. The van der Waals surface area contributed by atoms with E-state index in [0.717, 1.165) is 0 Å². The Bertz CT molecular complexity index is 1170. The van der Waals surface area contributed by atoms with Crippen LogP contribution in [0, 0.1) is 0 Å². The Kier molecular flexibility index (Phi) is 8.99. The molecule has 0 atom stereocenters. The highest BCUT2D eigenvalue weighted by Gasteiger charge is 2.15. The average Bonchev–Trinajstić information content (AvgIpc) is 2.91. The lowest BCUT2D eigenvalue weighted by molar-refractivity contribution is -0.143. The van der Waals surface area contributed by atoms with Crippen LogP contribution in [0.2, 0.25) is 0 Å². The number of hydrogen-bond acceptors (Lipinski definition) is 8. The predicted octanol–water partition coefficient (Wildman–Crippen LogP) is 3.29. The summed E-state index contributed by atoms with van der Waals surface area (Å²) in [4.78, 5) is 48.5. The van der Waals surface area contributed by atoms with E-state index in [-0.39, 0.29) is 35.8 Å². The number of carbonyl (C=O) groups excluding carboxylic acids is 4. The van der Waals surface area contributed by atoms with Gasteiger partial charge in [0, 0.05) is 11.1 Å². The van der Waals surface area contributed by atoms with Crippen LogP contribution < -0.4 is 20.1 Å². The molecule has 0 saturated heterocycles. The van der Waals surface area contributed by atoms with E-state index in [2.05, 4.69) is 20.1 Å². The molecule has 10 nitrogen and oxygen atoms in total. The summed E-state index contributed by atoms with van der Waals surface area (Å²) < 4.78 is 19.9. The lowest BCUT2D eigenvalue weighted by atomic mass is 10.1. The average molecular weight is 492 g/mol. The van der Waals surface area contributed by atoms with Crippen LogP contribution in [-0.2, 0) is 19.1 Å². The van der Waals surface area contributed by atoms with E-state index in [1.54, 1.807) is 66.7 Å². The molecule has 0 spiro atoms. The van der Waals surface area contributed by atoms with Crippen LogP contribution in [0.25, 0.3) is 0 Å². The van der Waals surface area contributed by atoms with E-state index >= 15 is 0 Å². The van der Waals surface area contributed by atoms with E-state index in [0.29, 0.717) is 11.4 Å². The van der Waals surface area contributed by atoms with Gasteiger partial charge in [-0.2, -0.15) is 0 Å². The first kappa shape index (κ1) is 25.8. The smallest absolute Gasteiger partial charge is 0.343 e. The molecule has 0 bridgehead atoms. The minimum Gasteiger partial charge on any atom is -0.480 e. The second-order valence-corrected chi connectivity index (χ2v) is 7.21. The molecule has 0 heterocycles. The highest BCUT2D eigenvalue weighted by Crippen LogP contribution is 2.26. The van der Waals surface area contributed by atoms with Gasteiger partial charge in [-0.1, -0.05) is 30.3 Å². The maximum atomic E-state index is 12.9. The van der Waals surface area contributed by atoms with Gasteiger partial charge in [-0.3, -0.25) is 9.59 Å². The third kappa shape index (κ3) is 7.07. The number of rotatable bonds is 10. The normalized spacial score (nSPS) is 10.1. The minimum absolute atomic E-state index is 0.223. The molecule has 0 aliphatic rings. The number of anilines is 2. The Hall–Kier alpha value is -4.86. The summed E-state index contributed by atoms with van der Waals surface area (Å²) in [6.45, 7) is -0.631. The van der Waals surface area contributed by atoms with Crippen molar-refractivity contribution in [2.75, 3.05) is 38.1 Å². The zero-order valence-electron chi connectivity index (χ0n) is 19.6. The zero-order chi connectivity index (χ0) is 25.9. The van der Waals surface area contributed by atoms with Crippen molar-refractivity contribution in [1.82, 2.24) is 0 Å². The molecule has 3 rings (SSSR count). The van der Waals surface area contributed by atoms with Gasteiger partial charge >= 0.3 is 11.9 Å². The van der Waals surface area contributed by atoms with Gasteiger partial charge in [0.05, 0.1) is 25.6 Å². The molecule has 0 aliphatic carbocycles. The molecule has 0 aliphatic heterocycles. The SMILES string of the molecule is COC(=O)COc1ccccc1NC(=O)c1cccc(C(=O)Nc2ccccc2OCC(=O)OC)c1. The first-order valence-corrected chi connectivity index (χ1v) is 10.7. The number of carbonyl (C=O) groups is 4. The first-order valence-electron chi connectivity index (χ1n) is 10.7. The van der Waals surface area contributed by atoms with Crippen LogP contribution in [0.4, 0.5) is 11.4 Å². The molecular weight excluding hydrogens is 468 g/mol. The molecule has 186 valence electrons. The topological polar surface area (TPSA) is 129 Å². The fraction of sp³-hybridized carbons (Fsp3) is 0.154. The second kappa shape index (κ2) is 12.6. The van der Waals surface area contributed by atoms with Gasteiger partial charge < -0.3 is 29.6 Å². The van der Waals surface area contributed by atoms with Crippen LogP contribution in [0.1, 0.15) is 20.7 Å². The minimum atomic E-state index is -0.563. The molecule has 3 aromatic rings. The number of ether oxygens (including phenoxy) is 4. The summed E-state index contributed by atoms with van der Waals surface area (Å²) in [7, 11) is 2.49. The molecule has 2 N–H and O–H groups in total. The van der Waals surface area contributed by atoms with Gasteiger partial charge in [-0.15, -0.1) is 0 Å². The van der Waals surface area contributed by atoms with Gasteiger partial charge in [-0.05, 0) is 42.5 Å². The van der Waals surface area contributed by atoms with Gasteiger partial charge in [0.1, 0.15) is 11.5 Å². The predicted molar refractivity (Wildman–Crippen MR) is 130 cm³/mol. The Labute approximate surface area is 207 Å². The van der Waals surface area contributed by atoms with E-state index in [4.69, 9.17) is 9.47 Å². The quantitative estimate of drug-likeness (QED) is 0.413. The lowest BCUT2D eigenvalue weighted by Gasteiger charge is -2.13. The largest absolute Gasteiger partial charge is 0.480 e. The standard InChI is InChI=1S/C26H24N2O8/c1-33-23(29)15-35-21-12-5-3-10-19(21)27-25(31)17-8-7-9-18(14-17)26(32)28-20-11-4-6-13-22(20)36-16-24(30)34-2/h3-14H,15-16H2,1-2H3,(H,27,31)(H,28,32). The first-order chi connectivity index (χ1) is 17.4. The van der Waals surface area contributed by atoms with Crippen LogP contribution in [0.5, 0.6) is 11.5 Å². The molecule has 0 fully saturated rings. The second-order valence-electron chi connectivity index (χ2n) is 7.21.